The molecule has 1 aromatic heterocycles. The van der Waals surface area contributed by atoms with E-state index in [0.29, 0.717) is 25.4 Å². The Morgan fingerprint density at radius 3 is 2.62 bits per heavy atom. The average molecular weight is 459 g/mol. The van der Waals surface area contributed by atoms with E-state index in [4.69, 9.17) is 9.57 Å². The molecule has 0 unspecified atom stereocenters. The maximum absolute atomic E-state index is 11.5. The third-order valence-corrected chi connectivity index (χ3v) is 5.30. The summed E-state index contributed by atoms with van der Waals surface area (Å²) in [5, 5.41) is 15.1. The van der Waals surface area contributed by atoms with Crippen LogP contribution in [0.4, 0.5) is 0 Å². The number of rotatable bonds is 10. The number of aromatic hydroxyl groups is 1. The molecule has 1 N–H and O–H groups in total. The molecule has 0 saturated heterocycles. The number of hydrogen-bond donors (Lipinski definition) is 1. The van der Waals surface area contributed by atoms with Gasteiger partial charge in [-0.3, -0.25) is 0 Å². The van der Waals surface area contributed by atoms with Gasteiger partial charge in [-0.25, -0.2) is 4.79 Å². The summed E-state index contributed by atoms with van der Waals surface area (Å²) in [5.41, 5.74) is 3.46. The van der Waals surface area contributed by atoms with Gasteiger partial charge in [-0.1, -0.05) is 53.7 Å². The molecular weight excluding hydrogens is 432 g/mol. The lowest BCUT2D eigenvalue weighted by molar-refractivity contribution is 0.0597. The maximum Gasteiger partial charge on any atom is 0.341 e. The molecule has 0 spiro atoms. The summed E-state index contributed by atoms with van der Waals surface area (Å²) in [7, 11) is 1.26. The van der Waals surface area contributed by atoms with Crippen LogP contribution in [0.2, 0.25) is 0 Å². The first-order valence-corrected chi connectivity index (χ1v) is 11.0. The fourth-order valence-corrected chi connectivity index (χ4v) is 3.63. The monoisotopic (exact) mass is 458 g/mol. The summed E-state index contributed by atoms with van der Waals surface area (Å²) in [5.74, 6) is -0.324. The van der Waals surface area contributed by atoms with E-state index in [1.54, 1.807) is 12.3 Å². The van der Waals surface area contributed by atoms with Crippen LogP contribution in [-0.4, -0.2) is 42.2 Å². The highest BCUT2D eigenvalue weighted by molar-refractivity contribution is 5.99. The van der Waals surface area contributed by atoms with Gasteiger partial charge in [-0.05, 0) is 23.8 Å². The summed E-state index contributed by atoms with van der Waals surface area (Å²) in [6.45, 7) is 1.54. The van der Waals surface area contributed by atoms with Crippen molar-refractivity contribution in [1.29, 1.82) is 0 Å². The van der Waals surface area contributed by atoms with Gasteiger partial charge in [0.15, 0.2) is 0 Å². The van der Waals surface area contributed by atoms with E-state index < -0.39 is 5.97 Å². The van der Waals surface area contributed by atoms with Crippen LogP contribution in [0, 0.1) is 0 Å². The van der Waals surface area contributed by atoms with Gasteiger partial charge in [0.05, 0.1) is 19.9 Å². The van der Waals surface area contributed by atoms with Crippen molar-refractivity contribution < 1.29 is 24.2 Å². The van der Waals surface area contributed by atoms with Crippen molar-refractivity contribution in [2.75, 3.05) is 20.3 Å². The zero-order chi connectivity index (χ0) is 23.8. The number of ether oxygens (including phenoxy) is 2. The van der Waals surface area contributed by atoms with Crippen LogP contribution in [0.5, 0.6) is 11.5 Å². The molecule has 0 amide bonds. The normalized spacial score (nSPS) is 11.1. The second kappa shape index (κ2) is 11.0. The fourth-order valence-electron chi connectivity index (χ4n) is 3.63. The first-order valence-electron chi connectivity index (χ1n) is 11.0. The average Bonchev–Trinajstić information content (AvgIpc) is 3.21. The van der Waals surface area contributed by atoms with Crippen LogP contribution < -0.4 is 4.74 Å². The number of methoxy groups -OCH3 is 1. The summed E-state index contributed by atoms with van der Waals surface area (Å²) in [6, 6.07) is 23.0. The molecule has 174 valence electrons. The van der Waals surface area contributed by atoms with Crippen molar-refractivity contribution in [3.8, 4) is 11.5 Å². The van der Waals surface area contributed by atoms with E-state index in [9.17, 15) is 9.90 Å². The van der Waals surface area contributed by atoms with E-state index in [1.807, 2.05) is 30.3 Å². The van der Waals surface area contributed by atoms with Gasteiger partial charge in [0.25, 0.3) is 0 Å². The highest BCUT2D eigenvalue weighted by Gasteiger charge is 2.12. The molecule has 3 aromatic carbocycles. The lowest BCUT2D eigenvalue weighted by Crippen LogP contribution is -2.03. The SMILES string of the molecule is COC(=O)c1ccc(OCCCON=Cc2cn(Cc3ccccc3)c3ccccc23)cc1O. The molecule has 0 aliphatic heterocycles. The Labute approximate surface area is 197 Å². The van der Waals surface area contributed by atoms with E-state index in [0.717, 1.165) is 23.0 Å². The van der Waals surface area contributed by atoms with E-state index in [2.05, 4.69) is 44.9 Å². The fraction of sp³-hybridized carbons (Fsp3) is 0.185. The van der Waals surface area contributed by atoms with Crippen molar-refractivity contribution in [2.24, 2.45) is 5.16 Å². The van der Waals surface area contributed by atoms with E-state index in [-0.39, 0.29) is 11.3 Å². The first kappa shape index (κ1) is 22.9. The number of nitrogens with zero attached hydrogens (tertiary/aromatic N) is 2. The Morgan fingerprint density at radius 2 is 1.82 bits per heavy atom. The zero-order valence-electron chi connectivity index (χ0n) is 18.9. The van der Waals surface area contributed by atoms with Crippen LogP contribution in [0.25, 0.3) is 10.9 Å². The van der Waals surface area contributed by atoms with Crippen molar-refractivity contribution in [3.63, 3.8) is 0 Å². The van der Waals surface area contributed by atoms with Crippen molar-refractivity contribution in [3.05, 3.63) is 95.7 Å². The Kier molecular flexibility index (Phi) is 7.45. The molecule has 7 nitrogen and oxygen atoms in total. The Balaban J connectivity index is 1.28. The van der Waals surface area contributed by atoms with Gasteiger partial charge in [-0.2, -0.15) is 0 Å². The predicted molar refractivity (Wildman–Crippen MR) is 131 cm³/mol. The molecule has 4 aromatic rings. The Morgan fingerprint density at radius 1 is 1.03 bits per heavy atom. The maximum atomic E-state index is 11.5. The molecule has 0 bridgehead atoms. The molecular formula is C27H26N2O5. The Bertz CT molecular complexity index is 1280. The number of oxime groups is 1. The minimum absolute atomic E-state index is 0.0950. The third-order valence-electron chi connectivity index (χ3n) is 5.30. The lowest BCUT2D eigenvalue weighted by Gasteiger charge is -2.08. The van der Waals surface area contributed by atoms with Crippen LogP contribution in [0.3, 0.4) is 0 Å². The standard InChI is InChI=1S/C27H26N2O5/c1-32-27(31)24-13-12-22(16-26(24)30)33-14-7-15-34-28-17-21-19-29(18-20-8-3-2-4-9-20)25-11-6-5-10-23(21)25/h2-6,8-13,16-17,19,30H,7,14-15,18H2,1H3. The number of benzene rings is 3. The van der Waals surface area contributed by atoms with Gasteiger partial charge in [-0.15, -0.1) is 0 Å². The van der Waals surface area contributed by atoms with Gasteiger partial charge in [0.1, 0.15) is 23.7 Å². The van der Waals surface area contributed by atoms with Crippen molar-refractivity contribution in [1.82, 2.24) is 4.57 Å². The minimum atomic E-state index is -0.599. The number of carbonyl (C=O) groups excluding carboxylic acids is 1. The molecule has 7 heteroatoms. The second-order valence-corrected chi connectivity index (χ2v) is 7.66. The third kappa shape index (κ3) is 5.56. The zero-order valence-corrected chi connectivity index (χ0v) is 18.9. The molecule has 34 heavy (non-hydrogen) atoms. The van der Waals surface area contributed by atoms with Crippen LogP contribution >= 0.6 is 0 Å². The molecule has 0 aliphatic rings. The summed E-state index contributed by atoms with van der Waals surface area (Å²) in [6.07, 6.45) is 4.42. The summed E-state index contributed by atoms with van der Waals surface area (Å²) in [4.78, 5) is 16.9. The molecule has 1 heterocycles. The van der Waals surface area contributed by atoms with Crippen molar-refractivity contribution >= 4 is 23.1 Å². The lowest BCUT2D eigenvalue weighted by atomic mass is 10.2. The number of phenolic OH excluding ortho intramolecular Hbond substituents is 1. The molecule has 0 aliphatic carbocycles. The van der Waals surface area contributed by atoms with E-state index >= 15 is 0 Å². The molecule has 0 atom stereocenters. The van der Waals surface area contributed by atoms with Gasteiger partial charge in [0.2, 0.25) is 0 Å². The number of fused-ring (bicyclic) bond motifs is 1. The second-order valence-electron chi connectivity index (χ2n) is 7.66. The van der Waals surface area contributed by atoms with Gasteiger partial charge >= 0.3 is 5.97 Å². The molecule has 4 rings (SSSR count). The number of esters is 1. The van der Waals surface area contributed by atoms with Crippen LogP contribution in [-0.2, 0) is 16.1 Å². The quantitative estimate of drug-likeness (QED) is 0.156. The van der Waals surface area contributed by atoms with Crippen LogP contribution in [0.1, 0.15) is 27.9 Å². The first-order chi connectivity index (χ1) is 16.7. The summed E-state index contributed by atoms with van der Waals surface area (Å²) >= 11 is 0. The smallest absolute Gasteiger partial charge is 0.341 e. The molecule has 0 fully saturated rings. The highest BCUT2D eigenvalue weighted by atomic mass is 16.6. The molecule has 0 radical (unpaired) electrons. The van der Waals surface area contributed by atoms with E-state index in [1.165, 1.54) is 24.8 Å². The van der Waals surface area contributed by atoms with Gasteiger partial charge in [0, 0.05) is 41.7 Å². The Hall–Kier alpha value is -4.26. The predicted octanol–water partition coefficient (Wildman–Crippen LogP) is 5.00. The highest BCUT2D eigenvalue weighted by Crippen LogP contribution is 2.24. The number of aromatic nitrogens is 1. The molecule has 0 saturated carbocycles. The summed E-state index contributed by atoms with van der Waals surface area (Å²) < 4.78 is 12.4. The van der Waals surface area contributed by atoms with Crippen molar-refractivity contribution in [2.45, 2.75) is 13.0 Å². The minimum Gasteiger partial charge on any atom is -0.507 e. The van der Waals surface area contributed by atoms with Gasteiger partial charge < -0.3 is 24.0 Å². The largest absolute Gasteiger partial charge is 0.507 e. The van der Waals surface area contributed by atoms with Crippen LogP contribution in [0.15, 0.2) is 84.1 Å². The number of para-hydroxylation sites is 1. The number of carbonyl (C=O) groups is 1. The number of phenols is 1. The topological polar surface area (TPSA) is 82.3 Å². The number of hydrogen-bond acceptors (Lipinski definition) is 6.